The Balaban J connectivity index is 3.00. The van der Waals surface area contributed by atoms with Crippen LogP contribution in [0.3, 0.4) is 0 Å². The fraction of sp³-hybridized carbons (Fsp3) is 0.462. The molecule has 1 amide bonds. The maximum atomic E-state index is 12.2. The number of hydrogen-bond donors (Lipinski definition) is 2. The SMILES string of the molecule is CCNc1c(C(=O)NCC(C)S(C)=O)cccc1[N+](=O)[O-]. The summed E-state index contributed by atoms with van der Waals surface area (Å²) < 4.78 is 11.3. The Kier molecular flexibility index (Phi) is 6.29. The number of rotatable bonds is 7. The van der Waals surface area contributed by atoms with E-state index >= 15 is 0 Å². The van der Waals surface area contributed by atoms with Gasteiger partial charge in [0.05, 0.1) is 10.5 Å². The zero-order valence-electron chi connectivity index (χ0n) is 12.2. The maximum absolute atomic E-state index is 12.2. The number of anilines is 1. The second-order valence-electron chi connectivity index (χ2n) is 4.51. The topological polar surface area (TPSA) is 101 Å². The van der Waals surface area contributed by atoms with E-state index in [-0.39, 0.29) is 28.7 Å². The highest BCUT2D eigenvalue weighted by atomic mass is 32.2. The smallest absolute Gasteiger partial charge is 0.293 e. The summed E-state index contributed by atoms with van der Waals surface area (Å²) in [5.41, 5.74) is 0.268. The van der Waals surface area contributed by atoms with Crippen molar-refractivity contribution in [2.75, 3.05) is 24.7 Å². The van der Waals surface area contributed by atoms with Crippen molar-refractivity contribution in [3.05, 3.63) is 33.9 Å². The van der Waals surface area contributed by atoms with Gasteiger partial charge in [-0.15, -0.1) is 0 Å². The van der Waals surface area contributed by atoms with Crippen LogP contribution >= 0.6 is 0 Å². The van der Waals surface area contributed by atoms with Gasteiger partial charge in [0.1, 0.15) is 5.69 Å². The number of nitrogens with zero attached hydrogens (tertiary/aromatic N) is 1. The number of nitro groups is 1. The van der Waals surface area contributed by atoms with Crippen LogP contribution in [-0.2, 0) is 10.8 Å². The molecule has 2 atom stereocenters. The van der Waals surface area contributed by atoms with Gasteiger partial charge in [-0.25, -0.2) is 0 Å². The Morgan fingerprint density at radius 1 is 1.48 bits per heavy atom. The van der Waals surface area contributed by atoms with E-state index in [0.29, 0.717) is 6.54 Å². The zero-order valence-corrected chi connectivity index (χ0v) is 13.0. The molecule has 1 aromatic carbocycles. The first-order chi connectivity index (χ1) is 9.88. The first kappa shape index (κ1) is 17.1. The molecular formula is C13H19N3O4S. The Morgan fingerprint density at radius 3 is 2.67 bits per heavy atom. The van der Waals surface area contributed by atoms with E-state index in [4.69, 9.17) is 0 Å². The third-order valence-electron chi connectivity index (χ3n) is 2.95. The Labute approximate surface area is 125 Å². The van der Waals surface area contributed by atoms with Crippen LogP contribution in [0.15, 0.2) is 18.2 Å². The molecule has 7 nitrogen and oxygen atoms in total. The monoisotopic (exact) mass is 313 g/mol. The number of nitrogens with one attached hydrogen (secondary N) is 2. The summed E-state index contributed by atoms with van der Waals surface area (Å²) in [6, 6.07) is 4.34. The lowest BCUT2D eigenvalue weighted by Gasteiger charge is -2.13. The average Bonchev–Trinajstić information content (AvgIpc) is 2.44. The number of amides is 1. The Hall–Kier alpha value is -1.96. The van der Waals surface area contributed by atoms with Crippen LogP contribution in [0, 0.1) is 10.1 Å². The molecule has 1 aromatic rings. The van der Waals surface area contributed by atoms with Gasteiger partial charge < -0.3 is 10.6 Å². The highest BCUT2D eigenvalue weighted by Gasteiger charge is 2.21. The molecule has 0 aliphatic carbocycles. The third-order valence-corrected chi connectivity index (χ3v) is 4.25. The maximum Gasteiger partial charge on any atom is 0.293 e. The number of hydrogen-bond acceptors (Lipinski definition) is 5. The Bertz CT molecular complexity index is 562. The summed E-state index contributed by atoms with van der Waals surface area (Å²) in [5, 5.41) is 16.3. The van der Waals surface area contributed by atoms with Crippen molar-refractivity contribution >= 4 is 28.1 Å². The highest BCUT2D eigenvalue weighted by molar-refractivity contribution is 7.84. The summed E-state index contributed by atoms with van der Waals surface area (Å²) in [6.45, 7) is 4.26. The zero-order chi connectivity index (χ0) is 16.0. The average molecular weight is 313 g/mol. The van der Waals surface area contributed by atoms with Gasteiger partial charge in [0.15, 0.2) is 0 Å². The summed E-state index contributed by atoms with van der Waals surface area (Å²) in [6.07, 6.45) is 1.56. The molecule has 0 fully saturated rings. The van der Waals surface area contributed by atoms with Gasteiger partial charge >= 0.3 is 0 Å². The molecule has 2 N–H and O–H groups in total. The summed E-state index contributed by atoms with van der Waals surface area (Å²) >= 11 is 0. The molecule has 0 aliphatic heterocycles. The minimum Gasteiger partial charge on any atom is -0.379 e. The van der Waals surface area contributed by atoms with Crippen LogP contribution in [0.2, 0.25) is 0 Å². The van der Waals surface area contributed by atoms with Crippen LogP contribution in [0.1, 0.15) is 24.2 Å². The molecule has 8 heteroatoms. The van der Waals surface area contributed by atoms with Crippen molar-refractivity contribution < 1.29 is 13.9 Å². The number of benzene rings is 1. The van der Waals surface area contributed by atoms with Crippen LogP contribution in [0.5, 0.6) is 0 Å². The molecule has 0 spiro atoms. The van der Waals surface area contributed by atoms with Gasteiger partial charge in [0.25, 0.3) is 11.6 Å². The van der Waals surface area contributed by atoms with Gasteiger partial charge in [0, 0.05) is 41.5 Å². The first-order valence-electron chi connectivity index (χ1n) is 6.50. The van der Waals surface area contributed by atoms with E-state index in [1.807, 2.05) is 0 Å². The third kappa shape index (κ3) is 4.52. The van der Waals surface area contributed by atoms with E-state index in [1.165, 1.54) is 18.2 Å². The minimum atomic E-state index is -1.04. The van der Waals surface area contributed by atoms with Gasteiger partial charge in [-0.2, -0.15) is 0 Å². The summed E-state index contributed by atoms with van der Waals surface area (Å²) in [4.78, 5) is 22.7. The standard InChI is InChI=1S/C13H19N3O4S/c1-4-14-12-10(6-5-7-11(12)16(18)19)13(17)15-8-9(2)21(3)20/h5-7,9,14H,4,8H2,1-3H3,(H,15,17). The van der Waals surface area contributed by atoms with Gasteiger partial charge in [0.2, 0.25) is 0 Å². The fourth-order valence-corrected chi connectivity index (χ4v) is 2.01. The lowest BCUT2D eigenvalue weighted by molar-refractivity contribution is -0.384. The van der Waals surface area contributed by atoms with Crippen molar-refractivity contribution in [3.63, 3.8) is 0 Å². The highest BCUT2D eigenvalue weighted by Crippen LogP contribution is 2.28. The molecule has 2 unspecified atom stereocenters. The fourth-order valence-electron chi connectivity index (χ4n) is 1.69. The van der Waals surface area contributed by atoms with Crippen LogP contribution in [0.25, 0.3) is 0 Å². The van der Waals surface area contributed by atoms with Crippen LogP contribution < -0.4 is 10.6 Å². The van der Waals surface area contributed by atoms with Crippen molar-refractivity contribution in [3.8, 4) is 0 Å². The lowest BCUT2D eigenvalue weighted by Crippen LogP contribution is -2.33. The molecule has 21 heavy (non-hydrogen) atoms. The second kappa shape index (κ2) is 7.72. The van der Waals surface area contributed by atoms with Crippen molar-refractivity contribution in [2.45, 2.75) is 19.1 Å². The number of carbonyl (C=O) groups is 1. The van der Waals surface area contributed by atoms with Crippen molar-refractivity contribution in [1.29, 1.82) is 0 Å². The molecular weight excluding hydrogens is 294 g/mol. The lowest BCUT2D eigenvalue weighted by atomic mass is 10.1. The van der Waals surface area contributed by atoms with Crippen molar-refractivity contribution in [2.24, 2.45) is 0 Å². The minimum absolute atomic E-state index is 0.142. The molecule has 0 saturated carbocycles. The molecule has 0 bridgehead atoms. The number of para-hydroxylation sites is 1. The molecule has 0 saturated heterocycles. The number of nitro benzene ring substituents is 1. The normalized spacial score (nSPS) is 13.3. The van der Waals surface area contributed by atoms with Gasteiger partial charge in [-0.05, 0) is 19.9 Å². The second-order valence-corrected chi connectivity index (χ2v) is 6.31. The van der Waals surface area contributed by atoms with E-state index in [2.05, 4.69) is 10.6 Å². The van der Waals surface area contributed by atoms with Crippen molar-refractivity contribution in [1.82, 2.24) is 5.32 Å². The van der Waals surface area contributed by atoms with E-state index < -0.39 is 21.6 Å². The largest absolute Gasteiger partial charge is 0.379 e. The van der Waals surface area contributed by atoms with Gasteiger partial charge in [-0.3, -0.25) is 19.1 Å². The van der Waals surface area contributed by atoms with E-state index in [9.17, 15) is 19.1 Å². The molecule has 116 valence electrons. The number of carbonyl (C=O) groups excluding carboxylic acids is 1. The summed E-state index contributed by atoms with van der Waals surface area (Å²) in [7, 11) is -1.04. The van der Waals surface area contributed by atoms with Crippen LogP contribution in [0.4, 0.5) is 11.4 Å². The van der Waals surface area contributed by atoms with Gasteiger partial charge in [-0.1, -0.05) is 6.07 Å². The molecule has 0 aromatic heterocycles. The summed E-state index contributed by atoms with van der Waals surface area (Å²) in [5.74, 6) is -0.424. The van der Waals surface area contributed by atoms with Crippen LogP contribution in [-0.4, -0.2) is 39.6 Å². The first-order valence-corrected chi connectivity index (χ1v) is 8.12. The quantitative estimate of drug-likeness (QED) is 0.587. The molecule has 0 radical (unpaired) electrons. The molecule has 0 heterocycles. The predicted octanol–water partition coefficient (Wildman–Crippen LogP) is 1.52. The molecule has 0 aliphatic rings. The molecule has 1 rings (SSSR count). The Morgan fingerprint density at radius 2 is 2.14 bits per heavy atom. The van der Waals surface area contributed by atoms with E-state index in [0.717, 1.165) is 0 Å². The van der Waals surface area contributed by atoms with E-state index in [1.54, 1.807) is 20.1 Å². The predicted molar refractivity (Wildman–Crippen MR) is 83.1 cm³/mol.